The van der Waals surface area contributed by atoms with Crippen LogP contribution in [0, 0.1) is 0 Å². The molecule has 0 spiro atoms. The molecule has 2 aromatic rings. The van der Waals surface area contributed by atoms with Crippen LogP contribution < -0.4 is 14.5 Å². The van der Waals surface area contributed by atoms with Gasteiger partial charge in [-0.15, -0.1) is 0 Å². The third kappa shape index (κ3) is 9.88. The van der Waals surface area contributed by atoms with E-state index in [2.05, 4.69) is 58.2 Å². The van der Waals surface area contributed by atoms with Gasteiger partial charge in [-0.1, -0.05) is 70.9 Å². The van der Waals surface area contributed by atoms with Crippen molar-refractivity contribution in [1.82, 2.24) is 0 Å². The Hall–Kier alpha value is -2.80. The van der Waals surface area contributed by atoms with E-state index in [9.17, 15) is 9.59 Å². The lowest BCUT2D eigenvalue weighted by atomic mass is 10.0. The molecule has 0 unspecified atom stereocenters. The summed E-state index contributed by atoms with van der Waals surface area (Å²) >= 11 is 0. The molecule has 0 radical (unpaired) electrons. The fourth-order valence-corrected chi connectivity index (χ4v) is 4.41. The molecule has 0 aliphatic heterocycles. The molecule has 7 heteroatoms. The van der Waals surface area contributed by atoms with Crippen molar-refractivity contribution in [2.24, 2.45) is 0 Å². The fourth-order valence-electron chi connectivity index (χ4n) is 3.39. The Morgan fingerprint density at radius 1 is 0.892 bits per heavy atom. The zero-order chi connectivity index (χ0) is 27.9. The minimum atomic E-state index is -2.31. The summed E-state index contributed by atoms with van der Waals surface area (Å²) in [6.45, 7) is 18.3. The Morgan fingerprint density at radius 3 is 2.08 bits per heavy atom. The van der Waals surface area contributed by atoms with Crippen LogP contribution in [-0.2, 0) is 16.0 Å². The predicted molar refractivity (Wildman–Crippen MR) is 153 cm³/mol. The van der Waals surface area contributed by atoms with Gasteiger partial charge in [0.25, 0.3) is 8.32 Å². The fraction of sp³-hybridized carbons (Fsp3) is 0.533. The number of carbonyl (C=O) groups excluding carboxylic acids is 2. The van der Waals surface area contributed by atoms with Crippen molar-refractivity contribution in [2.75, 3.05) is 5.32 Å². The van der Waals surface area contributed by atoms with Gasteiger partial charge in [-0.3, -0.25) is 10.1 Å². The number of hydrogen-bond donors (Lipinski definition) is 1. The Balaban J connectivity index is 2.59. The van der Waals surface area contributed by atoms with Crippen LogP contribution in [-0.4, -0.2) is 26.0 Å². The molecule has 0 heterocycles. The molecule has 0 aliphatic rings. The number of anilines is 1. The van der Waals surface area contributed by atoms with Crippen LogP contribution in [0.3, 0.4) is 0 Å². The number of rotatable bonds is 10. The van der Waals surface area contributed by atoms with Crippen LogP contribution in [0.1, 0.15) is 85.3 Å². The van der Waals surface area contributed by atoms with Gasteiger partial charge in [-0.05, 0) is 75.0 Å². The molecule has 1 N–H and O–H groups in total. The van der Waals surface area contributed by atoms with E-state index in [0.717, 1.165) is 30.4 Å². The van der Waals surface area contributed by atoms with Gasteiger partial charge in [0.2, 0.25) is 0 Å². The lowest BCUT2D eigenvalue weighted by Crippen LogP contribution is -2.44. The molecule has 0 atom stereocenters. The van der Waals surface area contributed by atoms with Crippen molar-refractivity contribution in [3.8, 4) is 11.5 Å². The largest absolute Gasteiger partial charge is 0.542 e. The average molecular weight is 528 g/mol. The molecular weight excluding hydrogens is 482 g/mol. The first-order valence-electron chi connectivity index (χ1n) is 13.2. The van der Waals surface area contributed by atoms with Crippen molar-refractivity contribution < 1.29 is 23.5 Å². The highest BCUT2D eigenvalue weighted by Gasteiger charge is 2.40. The van der Waals surface area contributed by atoms with E-state index in [0.29, 0.717) is 24.3 Å². The highest BCUT2D eigenvalue weighted by molar-refractivity contribution is 6.74. The Labute approximate surface area is 224 Å². The molecule has 0 fully saturated rings. The summed E-state index contributed by atoms with van der Waals surface area (Å²) in [6, 6.07) is 13.8. The molecule has 0 saturated heterocycles. The van der Waals surface area contributed by atoms with Crippen molar-refractivity contribution in [1.29, 1.82) is 0 Å². The smallest absolute Gasteiger partial charge is 0.412 e. The number of amides is 1. The van der Waals surface area contributed by atoms with Crippen molar-refractivity contribution in [3.63, 3.8) is 0 Å². The molecule has 0 aromatic heterocycles. The van der Waals surface area contributed by atoms with Crippen LogP contribution in [0.5, 0.6) is 11.5 Å². The first-order valence-corrected chi connectivity index (χ1v) is 16.1. The zero-order valence-corrected chi connectivity index (χ0v) is 25.1. The summed E-state index contributed by atoms with van der Waals surface area (Å²) in [7, 11) is -2.31. The quantitative estimate of drug-likeness (QED) is 0.145. The summed E-state index contributed by atoms with van der Waals surface area (Å²) in [5, 5.41) is 2.75. The Morgan fingerprint density at radius 2 is 1.51 bits per heavy atom. The summed E-state index contributed by atoms with van der Waals surface area (Å²) < 4.78 is 18.1. The third-order valence-electron chi connectivity index (χ3n) is 6.38. The van der Waals surface area contributed by atoms with E-state index in [1.807, 2.05) is 30.3 Å². The number of hydrogen-bond acceptors (Lipinski definition) is 5. The molecule has 0 aliphatic carbocycles. The number of carbonyl (C=O) groups is 2. The molecule has 6 nitrogen and oxygen atoms in total. The summed E-state index contributed by atoms with van der Waals surface area (Å²) in [6.07, 6.45) is 3.01. The van der Waals surface area contributed by atoms with Crippen molar-refractivity contribution in [2.45, 2.75) is 104 Å². The standard InChI is InChI=1S/C30H45NO5Si/c1-10-11-13-18-26(32)34-24-20-23(19-22-16-14-12-15-17-22)21-25(36-37(8,9)30(5,6)7)27(24)31-28(33)35-29(2,3)4/h12,14-17,20-21H,10-11,13,18-19H2,1-9H3,(H,31,33). The van der Waals surface area contributed by atoms with Crippen molar-refractivity contribution >= 4 is 26.1 Å². The van der Waals surface area contributed by atoms with Gasteiger partial charge in [0.15, 0.2) is 5.75 Å². The van der Waals surface area contributed by atoms with Crippen LogP contribution in [0.15, 0.2) is 42.5 Å². The second kappa shape index (κ2) is 12.6. The number of unbranched alkanes of at least 4 members (excludes halogenated alkanes) is 2. The third-order valence-corrected chi connectivity index (χ3v) is 10.7. The first kappa shape index (κ1) is 30.4. The number of esters is 1. The topological polar surface area (TPSA) is 73.9 Å². The highest BCUT2D eigenvalue weighted by Crippen LogP contribution is 2.43. The van der Waals surface area contributed by atoms with E-state index in [4.69, 9.17) is 13.9 Å². The molecule has 204 valence electrons. The monoisotopic (exact) mass is 527 g/mol. The predicted octanol–water partition coefficient (Wildman–Crippen LogP) is 8.49. The van der Waals surface area contributed by atoms with Crippen LogP contribution in [0.2, 0.25) is 18.1 Å². The number of ether oxygens (including phenoxy) is 2. The Bertz CT molecular complexity index is 1050. The van der Waals surface area contributed by atoms with Crippen LogP contribution in [0.4, 0.5) is 10.5 Å². The molecule has 0 bridgehead atoms. The maximum absolute atomic E-state index is 12.8. The van der Waals surface area contributed by atoms with Gasteiger partial charge in [0.1, 0.15) is 17.0 Å². The molecular formula is C30H45NO5Si. The van der Waals surface area contributed by atoms with Gasteiger partial charge in [-0.25, -0.2) is 4.79 Å². The van der Waals surface area contributed by atoms with E-state index < -0.39 is 20.0 Å². The summed E-state index contributed by atoms with van der Waals surface area (Å²) in [5.74, 6) is 0.424. The Kier molecular flexibility index (Phi) is 10.4. The van der Waals surface area contributed by atoms with Gasteiger partial charge >= 0.3 is 12.1 Å². The summed E-state index contributed by atoms with van der Waals surface area (Å²) in [4.78, 5) is 25.6. The van der Waals surface area contributed by atoms with Crippen molar-refractivity contribution in [3.05, 3.63) is 53.6 Å². The zero-order valence-electron chi connectivity index (χ0n) is 24.1. The van der Waals surface area contributed by atoms with E-state index in [1.165, 1.54) is 0 Å². The highest BCUT2D eigenvalue weighted by atomic mass is 28.4. The van der Waals surface area contributed by atoms with Gasteiger partial charge in [0.05, 0.1) is 0 Å². The molecule has 2 aromatic carbocycles. The number of benzene rings is 2. The lowest BCUT2D eigenvalue weighted by Gasteiger charge is -2.37. The van der Waals surface area contributed by atoms with Gasteiger partial charge in [-0.2, -0.15) is 0 Å². The van der Waals surface area contributed by atoms with E-state index >= 15 is 0 Å². The van der Waals surface area contributed by atoms with Gasteiger partial charge in [0, 0.05) is 6.42 Å². The molecule has 2 rings (SSSR count). The lowest BCUT2D eigenvalue weighted by molar-refractivity contribution is -0.134. The van der Waals surface area contributed by atoms with Gasteiger partial charge < -0.3 is 13.9 Å². The molecule has 1 amide bonds. The minimum Gasteiger partial charge on any atom is -0.542 e. The molecule has 37 heavy (non-hydrogen) atoms. The maximum atomic E-state index is 12.8. The first-order chi connectivity index (χ1) is 17.1. The molecule has 0 saturated carbocycles. The summed E-state index contributed by atoms with van der Waals surface area (Å²) in [5.41, 5.74) is 1.67. The second-order valence-electron chi connectivity index (χ2n) is 12.0. The maximum Gasteiger partial charge on any atom is 0.412 e. The van der Waals surface area contributed by atoms with Crippen LogP contribution >= 0.6 is 0 Å². The van der Waals surface area contributed by atoms with Crippen LogP contribution in [0.25, 0.3) is 0 Å². The van der Waals surface area contributed by atoms with E-state index in [1.54, 1.807) is 20.8 Å². The normalized spacial score (nSPS) is 12.1. The minimum absolute atomic E-state index is 0.0807. The second-order valence-corrected chi connectivity index (χ2v) is 16.8. The SMILES string of the molecule is CCCCCC(=O)Oc1cc(Cc2ccccc2)cc(O[Si](C)(C)C(C)(C)C)c1NC(=O)OC(C)(C)C. The number of nitrogens with one attached hydrogen (secondary N) is 1. The average Bonchev–Trinajstić information content (AvgIpc) is 2.74. The van der Waals surface area contributed by atoms with E-state index in [-0.39, 0.29) is 16.8 Å².